The normalized spacial score (nSPS) is 11.8. The van der Waals surface area contributed by atoms with Gasteiger partial charge in [-0.2, -0.15) is 0 Å². The highest BCUT2D eigenvalue weighted by molar-refractivity contribution is 8.01. The lowest BCUT2D eigenvalue weighted by Gasteiger charge is -2.07. The van der Waals surface area contributed by atoms with Gasteiger partial charge in [-0.1, -0.05) is 52.2 Å². The Kier molecular flexibility index (Phi) is 11.9. The maximum atomic E-state index is 10.4. The number of hydrogen-bond donors (Lipinski definition) is 0. The topological polar surface area (TPSA) is 17.1 Å². The maximum Gasteiger partial charge on any atom is 0.142 e. The minimum Gasteiger partial charge on any atom is -0.299 e. The van der Waals surface area contributed by atoms with E-state index in [9.17, 15) is 4.79 Å². The van der Waals surface area contributed by atoms with E-state index in [-0.39, 0.29) is 0 Å². The lowest BCUT2D eigenvalue weighted by Crippen LogP contribution is -1.94. The largest absolute Gasteiger partial charge is 0.299 e. The SMILES string of the molecule is CCCCSc1sc(/C=C/C=C/C=O)c(CCCC)c1CCCC. The van der Waals surface area contributed by atoms with E-state index in [1.54, 1.807) is 17.2 Å². The van der Waals surface area contributed by atoms with Gasteiger partial charge in [0, 0.05) is 4.88 Å². The minimum atomic E-state index is 0.829. The first-order valence-electron chi connectivity index (χ1n) is 9.34. The molecule has 0 aliphatic heterocycles. The lowest BCUT2D eigenvalue weighted by atomic mass is 10.0. The van der Waals surface area contributed by atoms with E-state index < -0.39 is 0 Å². The lowest BCUT2D eigenvalue weighted by molar-refractivity contribution is -0.104. The summed E-state index contributed by atoms with van der Waals surface area (Å²) in [6.45, 7) is 6.79. The number of hydrogen-bond acceptors (Lipinski definition) is 3. The van der Waals surface area contributed by atoms with Gasteiger partial charge in [0.2, 0.25) is 0 Å². The van der Waals surface area contributed by atoms with Crippen LogP contribution in [0, 0.1) is 0 Å². The van der Waals surface area contributed by atoms with Crippen LogP contribution in [0.5, 0.6) is 0 Å². The van der Waals surface area contributed by atoms with Gasteiger partial charge in [0.1, 0.15) is 6.29 Å². The highest BCUT2D eigenvalue weighted by atomic mass is 32.2. The van der Waals surface area contributed by atoms with Crippen molar-refractivity contribution in [2.45, 2.75) is 76.3 Å². The van der Waals surface area contributed by atoms with Crippen molar-refractivity contribution in [2.24, 2.45) is 0 Å². The smallest absolute Gasteiger partial charge is 0.142 e. The molecule has 1 heterocycles. The molecule has 0 spiro atoms. The Hall–Kier alpha value is -0.800. The van der Waals surface area contributed by atoms with Crippen molar-refractivity contribution in [3.63, 3.8) is 0 Å². The van der Waals surface area contributed by atoms with Crippen molar-refractivity contribution in [3.8, 4) is 0 Å². The van der Waals surface area contributed by atoms with Crippen molar-refractivity contribution in [3.05, 3.63) is 34.2 Å². The third-order valence-electron chi connectivity index (χ3n) is 3.95. The Morgan fingerprint density at radius 1 is 0.875 bits per heavy atom. The third kappa shape index (κ3) is 7.40. The van der Waals surface area contributed by atoms with E-state index in [4.69, 9.17) is 0 Å². The molecule has 0 aromatic carbocycles. The molecule has 3 heteroatoms. The van der Waals surface area contributed by atoms with Crippen molar-refractivity contribution in [1.82, 2.24) is 0 Å². The zero-order valence-corrected chi connectivity index (χ0v) is 17.1. The van der Waals surface area contributed by atoms with E-state index in [1.807, 2.05) is 35.3 Å². The number of unbranched alkanes of at least 4 members (excludes halogenated alkanes) is 3. The van der Waals surface area contributed by atoms with Crippen LogP contribution in [0.3, 0.4) is 0 Å². The van der Waals surface area contributed by atoms with E-state index in [0.717, 1.165) is 6.29 Å². The number of rotatable bonds is 13. The zero-order chi connectivity index (χ0) is 17.6. The number of thioether (sulfide) groups is 1. The van der Waals surface area contributed by atoms with Gasteiger partial charge in [0.05, 0.1) is 4.21 Å². The van der Waals surface area contributed by atoms with Gasteiger partial charge in [-0.3, -0.25) is 4.79 Å². The van der Waals surface area contributed by atoms with E-state index >= 15 is 0 Å². The van der Waals surface area contributed by atoms with Gasteiger partial charge in [0.15, 0.2) is 0 Å². The fraction of sp³-hybridized carbons (Fsp3) is 0.571. The van der Waals surface area contributed by atoms with Crippen LogP contribution in [-0.4, -0.2) is 12.0 Å². The van der Waals surface area contributed by atoms with Gasteiger partial charge < -0.3 is 0 Å². The molecular formula is C21H32OS2. The van der Waals surface area contributed by atoms with E-state index in [2.05, 4.69) is 26.8 Å². The Morgan fingerprint density at radius 3 is 2.17 bits per heavy atom. The molecule has 0 saturated carbocycles. The first-order chi connectivity index (χ1) is 11.8. The molecule has 134 valence electrons. The van der Waals surface area contributed by atoms with Gasteiger partial charge >= 0.3 is 0 Å². The average Bonchev–Trinajstić information content (AvgIpc) is 2.92. The summed E-state index contributed by atoms with van der Waals surface area (Å²) < 4.78 is 1.53. The number of aldehydes is 1. The summed E-state index contributed by atoms with van der Waals surface area (Å²) in [4.78, 5) is 11.8. The molecule has 1 rings (SSSR count). The molecule has 0 aliphatic rings. The molecule has 0 N–H and O–H groups in total. The molecule has 24 heavy (non-hydrogen) atoms. The summed E-state index contributed by atoms with van der Waals surface area (Å²) >= 11 is 3.99. The first-order valence-corrected chi connectivity index (χ1v) is 11.1. The molecule has 0 unspecified atom stereocenters. The second kappa shape index (κ2) is 13.5. The second-order valence-electron chi connectivity index (χ2n) is 6.00. The van der Waals surface area contributed by atoms with Crippen LogP contribution in [0.4, 0.5) is 0 Å². The Bertz CT molecular complexity index is 526. The molecule has 0 atom stereocenters. The number of carbonyl (C=O) groups excluding carboxylic acids is 1. The summed E-state index contributed by atoms with van der Waals surface area (Å²) in [6, 6.07) is 0. The van der Waals surface area contributed by atoms with Gasteiger partial charge in [-0.05, 0) is 61.1 Å². The van der Waals surface area contributed by atoms with Crippen LogP contribution >= 0.6 is 23.1 Å². The predicted molar refractivity (Wildman–Crippen MR) is 111 cm³/mol. The Labute approximate surface area is 156 Å². The van der Waals surface area contributed by atoms with Crippen LogP contribution in [0.1, 0.15) is 75.3 Å². The van der Waals surface area contributed by atoms with E-state index in [1.165, 1.54) is 66.2 Å². The standard InChI is InChI=1S/C21H32OS2/c1-4-7-13-18-19(14-8-5-2)21(23-17-9-6-3)24-20(18)15-11-10-12-16-22/h10-12,15-16H,4-9,13-14,17H2,1-3H3/b12-10+,15-11+. The predicted octanol–water partition coefficient (Wildman–Crippen LogP) is 7.09. The Balaban J connectivity index is 3.09. The minimum absolute atomic E-state index is 0.829. The quantitative estimate of drug-likeness (QED) is 0.122. The third-order valence-corrected chi connectivity index (χ3v) is 6.59. The summed E-state index contributed by atoms with van der Waals surface area (Å²) in [6.07, 6.45) is 18.3. The highest BCUT2D eigenvalue weighted by Gasteiger charge is 2.16. The summed E-state index contributed by atoms with van der Waals surface area (Å²) in [5, 5.41) is 0. The van der Waals surface area contributed by atoms with Crippen LogP contribution in [0.15, 0.2) is 22.4 Å². The van der Waals surface area contributed by atoms with Crippen LogP contribution < -0.4 is 0 Å². The molecule has 1 aromatic rings. The first kappa shape index (κ1) is 21.2. The number of allylic oxidation sites excluding steroid dienone is 3. The van der Waals surface area contributed by atoms with Crippen molar-refractivity contribution in [1.29, 1.82) is 0 Å². The Morgan fingerprint density at radius 2 is 1.54 bits per heavy atom. The molecule has 0 aliphatic carbocycles. The average molecular weight is 365 g/mol. The van der Waals surface area contributed by atoms with Crippen LogP contribution in [0.2, 0.25) is 0 Å². The number of carbonyl (C=O) groups is 1. The highest BCUT2D eigenvalue weighted by Crippen LogP contribution is 2.39. The molecule has 0 radical (unpaired) electrons. The zero-order valence-electron chi connectivity index (χ0n) is 15.5. The van der Waals surface area contributed by atoms with Crippen LogP contribution in [-0.2, 0) is 17.6 Å². The fourth-order valence-electron chi connectivity index (χ4n) is 2.54. The van der Waals surface area contributed by atoms with E-state index in [0.29, 0.717) is 0 Å². The van der Waals surface area contributed by atoms with Crippen LogP contribution in [0.25, 0.3) is 6.08 Å². The molecule has 0 saturated heterocycles. The van der Waals surface area contributed by atoms with Gasteiger partial charge in [-0.25, -0.2) is 0 Å². The van der Waals surface area contributed by atoms with Gasteiger partial charge in [0.25, 0.3) is 0 Å². The second-order valence-corrected chi connectivity index (χ2v) is 8.42. The monoisotopic (exact) mass is 364 g/mol. The van der Waals surface area contributed by atoms with Crippen molar-refractivity contribution >= 4 is 35.5 Å². The van der Waals surface area contributed by atoms with Crippen molar-refractivity contribution in [2.75, 3.05) is 5.75 Å². The molecular weight excluding hydrogens is 332 g/mol. The molecule has 0 bridgehead atoms. The molecule has 1 nitrogen and oxygen atoms in total. The molecule has 0 fully saturated rings. The summed E-state index contributed by atoms with van der Waals surface area (Å²) in [7, 11) is 0. The van der Waals surface area contributed by atoms with Crippen molar-refractivity contribution < 1.29 is 4.79 Å². The number of thiophene rings is 1. The molecule has 0 amide bonds. The maximum absolute atomic E-state index is 10.4. The summed E-state index contributed by atoms with van der Waals surface area (Å²) in [5.41, 5.74) is 3.17. The van der Waals surface area contributed by atoms with Gasteiger partial charge in [-0.15, -0.1) is 23.1 Å². The summed E-state index contributed by atoms with van der Waals surface area (Å²) in [5.74, 6) is 1.22. The molecule has 1 aromatic heterocycles. The fourth-order valence-corrected chi connectivity index (χ4v) is 5.36.